The van der Waals surface area contributed by atoms with E-state index < -0.39 is 0 Å². The first-order valence-electron chi connectivity index (χ1n) is 18.0. The van der Waals surface area contributed by atoms with Gasteiger partial charge in [0.15, 0.2) is 0 Å². The third-order valence-corrected chi connectivity index (χ3v) is 12.2. The van der Waals surface area contributed by atoms with E-state index in [4.69, 9.17) is 4.42 Å². The first-order valence-corrected chi connectivity index (χ1v) is 18.0. The Bertz CT molecular complexity index is 2770. The second-order valence-corrected chi connectivity index (χ2v) is 15.1. The van der Waals surface area contributed by atoms with Crippen molar-refractivity contribution in [3.8, 4) is 0 Å². The Morgan fingerprint density at radius 1 is 0.580 bits per heavy atom. The summed E-state index contributed by atoms with van der Waals surface area (Å²) in [5.41, 5.74) is 11.9. The molecule has 0 saturated heterocycles. The molecule has 4 aliphatic rings. The van der Waals surface area contributed by atoms with Gasteiger partial charge in [-0.3, -0.25) is 0 Å². The molecule has 0 fully saturated rings. The van der Waals surface area contributed by atoms with E-state index in [1.807, 2.05) is 0 Å². The minimum absolute atomic E-state index is 0.0811. The molecule has 1 nitrogen and oxygen atoms in total. The second kappa shape index (κ2) is 10.2. The van der Waals surface area contributed by atoms with Crippen molar-refractivity contribution in [2.75, 3.05) is 0 Å². The van der Waals surface area contributed by atoms with Crippen molar-refractivity contribution >= 4 is 65.4 Å². The topological polar surface area (TPSA) is 13.1 Å². The lowest BCUT2D eigenvalue weighted by atomic mass is 9.73. The highest BCUT2D eigenvalue weighted by atomic mass is 16.3. The Morgan fingerprint density at radius 2 is 1.26 bits per heavy atom. The molecule has 0 saturated carbocycles. The molecule has 6 aromatic carbocycles. The highest BCUT2D eigenvalue weighted by Gasteiger charge is 2.44. The summed E-state index contributed by atoms with van der Waals surface area (Å²) < 4.78 is 6.30. The predicted octanol–water partition coefficient (Wildman–Crippen LogP) is 13.1. The monoisotopic (exact) mass is 640 g/mol. The van der Waals surface area contributed by atoms with Gasteiger partial charge in [-0.1, -0.05) is 153 Å². The van der Waals surface area contributed by atoms with Gasteiger partial charge in [0.05, 0.1) is 0 Å². The van der Waals surface area contributed by atoms with Crippen LogP contribution in [0.4, 0.5) is 0 Å². The van der Waals surface area contributed by atoms with E-state index in [2.05, 4.69) is 166 Å². The van der Waals surface area contributed by atoms with E-state index in [0.29, 0.717) is 17.8 Å². The van der Waals surface area contributed by atoms with Gasteiger partial charge in [0, 0.05) is 33.9 Å². The van der Waals surface area contributed by atoms with Crippen molar-refractivity contribution in [2.45, 2.75) is 31.6 Å². The fourth-order valence-electron chi connectivity index (χ4n) is 10.1. The number of allylic oxidation sites excluding steroid dienone is 12. The number of hydrogen-bond donors (Lipinski definition) is 0. The van der Waals surface area contributed by atoms with Crippen LogP contribution in [0.2, 0.25) is 0 Å². The van der Waals surface area contributed by atoms with Crippen LogP contribution in [0.3, 0.4) is 0 Å². The zero-order valence-corrected chi connectivity index (χ0v) is 28.3. The first kappa shape index (κ1) is 28.2. The average Bonchev–Trinajstić information content (AvgIpc) is 3.63. The van der Waals surface area contributed by atoms with Gasteiger partial charge in [0.2, 0.25) is 0 Å². The van der Waals surface area contributed by atoms with E-state index in [1.165, 1.54) is 82.1 Å². The summed E-state index contributed by atoms with van der Waals surface area (Å²) in [6.45, 7) is 4.86. The molecular formula is C49H36O. The molecule has 0 radical (unpaired) electrons. The Kier molecular flexibility index (Phi) is 5.75. The highest BCUT2D eigenvalue weighted by Crippen LogP contribution is 2.58. The summed E-state index contributed by atoms with van der Waals surface area (Å²) in [5.74, 6) is 1.08. The van der Waals surface area contributed by atoms with Crippen LogP contribution in [-0.4, -0.2) is 0 Å². The van der Waals surface area contributed by atoms with E-state index in [0.717, 1.165) is 17.6 Å². The Hall–Kier alpha value is -5.66. The molecule has 0 amide bonds. The summed E-state index contributed by atoms with van der Waals surface area (Å²) in [4.78, 5) is 0. The molecule has 0 N–H and O–H groups in total. The van der Waals surface area contributed by atoms with Crippen LogP contribution in [0.5, 0.6) is 0 Å². The Morgan fingerprint density at radius 3 is 2.04 bits per heavy atom. The largest absolute Gasteiger partial charge is 0.456 e. The van der Waals surface area contributed by atoms with Crippen molar-refractivity contribution in [3.63, 3.8) is 0 Å². The number of fused-ring (bicyclic) bond motifs is 11. The Balaban J connectivity index is 1.10. The minimum atomic E-state index is -0.0811. The van der Waals surface area contributed by atoms with E-state index in [9.17, 15) is 0 Å². The third-order valence-electron chi connectivity index (χ3n) is 12.2. The van der Waals surface area contributed by atoms with Crippen LogP contribution in [0.1, 0.15) is 48.4 Å². The zero-order chi connectivity index (χ0) is 33.1. The Labute approximate surface area is 291 Å². The van der Waals surface area contributed by atoms with E-state index in [1.54, 1.807) is 0 Å². The smallest absolute Gasteiger partial charge is 0.136 e. The summed E-state index contributed by atoms with van der Waals surface area (Å²) in [7, 11) is 0. The van der Waals surface area contributed by atoms with Gasteiger partial charge in [-0.15, -0.1) is 0 Å². The highest BCUT2D eigenvalue weighted by molar-refractivity contribution is 6.17. The van der Waals surface area contributed by atoms with Crippen molar-refractivity contribution in [1.82, 2.24) is 0 Å². The molecule has 238 valence electrons. The molecule has 0 spiro atoms. The number of hydrogen-bond acceptors (Lipinski definition) is 1. The fourth-order valence-corrected chi connectivity index (χ4v) is 10.1. The van der Waals surface area contributed by atoms with Crippen LogP contribution in [0, 0.1) is 11.8 Å². The molecule has 1 heteroatoms. The molecule has 7 aromatic rings. The zero-order valence-electron chi connectivity index (χ0n) is 28.3. The average molecular weight is 641 g/mol. The van der Waals surface area contributed by atoms with Crippen molar-refractivity contribution in [1.29, 1.82) is 0 Å². The van der Waals surface area contributed by atoms with Crippen LogP contribution in [-0.2, 0) is 5.41 Å². The lowest BCUT2D eigenvalue weighted by molar-refractivity contribution is 0.618. The van der Waals surface area contributed by atoms with Gasteiger partial charge < -0.3 is 4.42 Å². The number of rotatable bonds is 2. The molecule has 3 unspecified atom stereocenters. The maximum Gasteiger partial charge on any atom is 0.136 e. The molecule has 0 aliphatic heterocycles. The predicted molar refractivity (Wildman–Crippen MR) is 212 cm³/mol. The second-order valence-electron chi connectivity index (χ2n) is 15.1. The van der Waals surface area contributed by atoms with Gasteiger partial charge in [0.25, 0.3) is 0 Å². The molecule has 50 heavy (non-hydrogen) atoms. The molecule has 3 atom stereocenters. The summed E-state index contributed by atoms with van der Waals surface area (Å²) >= 11 is 0. The normalized spacial score (nSPS) is 21.8. The summed E-state index contributed by atoms with van der Waals surface area (Å²) in [6.07, 6.45) is 22.0. The molecular weight excluding hydrogens is 605 g/mol. The summed E-state index contributed by atoms with van der Waals surface area (Å²) in [6, 6.07) is 36.1. The van der Waals surface area contributed by atoms with Gasteiger partial charge in [-0.2, -0.15) is 0 Å². The van der Waals surface area contributed by atoms with Gasteiger partial charge >= 0.3 is 0 Å². The molecule has 4 aliphatic carbocycles. The van der Waals surface area contributed by atoms with Crippen LogP contribution >= 0.6 is 0 Å². The summed E-state index contributed by atoms with van der Waals surface area (Å²) in [5, 5.41) is 10.4. The van der Waals surface area contributed by atoms with E-state index >= 15 is 0 Å². The third kappa shape index (κ3) is 3.78. The minimum Gasteiger partial charge on any atom is -0.456 e. The molecule has 1 aromatic heterocycles. The maximum atomic E-state index is 6.30. The lowest BCUT2D eigenvalue weighted by Gasteiger charge is -2.31. The van der Waals surface area contributed by atoms with Gasteiger partial charge in [0.1, 0.15) is 11.2 Å². The van der Waals surface area contributed by atoms with Crippen LogP contribution in [0.15, 0.2) is 162 Å². The lowest BCUT2D eigenvalue weighted by Crippen LogP contribution is -2.18. The van der Waals surface area contributed by atoms with Gasteiger partial charge in [-0.05, 0) is 90.3 Å². The van der Waals surface area contributed by atoms with Crippen molar-refractivity contribution in [2.24, 2.45) is 11.8 Å². The molecule has 11 rings (SSSR count). The number of furan rings is 1. The van der Waals surface area contributed by atoms with Crippen molar-refractivity contribution in [3.05, 3.63) is 180 Å². The van der Waals surface area contributed by atoms with Gasteiger partial charge in [-0.25, -0.2) is 0 Å². The van der Waals surface area contributed by atoms with Crippen molar-refractivity contribution < 1.29 is 4.42 Å². The van der Waals surface area contributed by atoms with Crippen LogP contribution < -0.4 is 0 Å². The SMILES string of the molecule is CC1(C)C2=CC=C(c3c4ccccc4c(C4=CC=CC5C=CC=CC45)c4ccccc34)CC2c2ccc3cc4oc5ccccc5c4cc3c21. The fraction of sp³-hybridized carbons (Fsp3) is 0.143. The quantitative estimate of drug-likeness (QED) is 0.171. The first-order chi connectivity index (χ1) is 24.6. The molecule has 1 heterocycles. The number of para-hydroxylation sites is 1. The standard InChI is InChI=1S/C49H36O/c1-49(2)43-25-23-31(26-41(43)39-24-22-30-27-45-42(28-40(30)48(39)49)33-15-9-10-21-44(33)50-45)46-35-16-5-7-18-37(35)47(38-19-8-6-17-36(38)46)34-20-11-13-29-12-3-4-14-32(29)34/h3-25,27-29,32,41H,26H2,1-2H3. The van der Waals surface area contributed by atoms with E-state index in [-0.39, 0.29) is 5.41 Å². The number of benzene rings is 6. The van der Waals surface area contributed by atoms with Crippen LogP contribution in [0.25, 0.3) is 65.4 Å². The maximum absolute atomic E-state index is 6.30. The molecule has 0 bridgehead atoms.